The zero-order chi connectivity index (χ0) is 23.6. The third-order valence-electron chi connectivity index (χ3n) is 5.53. The van der Waals surface area contributed by atoms with Crippen LogP contribution in [0, 0.1) is 0 Å². The van der Waals surface area contributed by atoms with Gasteiger partial charge in [0.15, 0.2) is 0 Å². The van der Waals surface area contributed by atoms with Crippen molar-refractivity contribution in [2.45, 2.75) is 109 Å². The molecule has 0 saturated carbocycles. The quantitative estimate of drug-likeness (QED) is 0.0834. The van der Waals surface area contributed by atoms with Gasteiger partial charge >= 0.3 is 7.60 Å². The first-order valence-corrected chi connectivity index (χ1v) is 14.0. The van der Waals surface area contributed by atoms with Crippen LogP contribution in [0.25, 0.3) is 0 Å². The predicted molar refractivity (Wildman–Crippen MR) is 133 cm³/mol. The van der Waals surface area contributed by atoms with Crippen LogP contribution in [-0.4, -0.2) is 52.4 Å². The SMILES string of the molecule is CCCCCCCCC/C=C\CC/C=C\CCCCCC(O)(C[N+](C)(C)C)P(=O)(O)O. The van der Waals surface area contributed by atoms with Gasteiger partial charge < -0.3 is 19.4 Å². The Morgan fingerprint density at radius 2 is 1.13 bits per heavy atom. The van der Waals surface area contributed by atoms with Gasteiger partial charge in [0.05, 0.1) is 21.1 Å². The lowest BCUT2D eigenvalue weighted by Gasteiger charge is -2.35. The van der Waals surface area contributed by atoms with E-state index in [1.165, 1.54) is 51.4 Å². The Hall–Kier alpha value is -0.450. The highest BCUT2D eigenvalue weighted by molar-refractivity contribution is 7.53. The van der Waals surface area contributed by atoms with Crippen LogP contribution in [-0.2, 0) is 4.57 Å². The number of rotatable bonds is 20. The first-order chi connectivity index (χ1) is 14.5. The molecule has 1 atom stereocenters. The van der Waals surface area contributed by atoms with Crippen LogP contribution in [0.1, 0.15) is 103 Å². The molecule has 0 radical (unpaired) electrons. The molecule has 0 bridgehead atoms. The highest BCUT2D eigenvalue weighted by atomic mass is 31.2. The van der Waals surface area contributed by atoms with Crippen LogP contribution in [0.3, 0.4) is 0 Å². The van der Waals surface area contributed by atoms with Gasteiger partial charge in [-0.2, -0.15) is 0 Å². The number of nitrogens with zero attached hydrogens (tertiary/aromatic N) is 1. The van der Waals surface area contributed by atoms with Gasteiger partial charge in [0.2, 0.25) is 5.34 Å². The summed E-state index contributed by atoms with van der Waals surface area (Å²) < 4.78 is 12.1. The molecule has 0 fully saturated rings. The Kier molecular flexibility index (Phi) is 16.8. The zero-order valence-electron chi connectivity index (χ0n) is 20.8. The molecule has 1 unspecified atom stereocenters. The number of hydrogen-bond donors (Lipinski definition) is 3. The van der Waals surface area contributed by atoms with Crippen molar-refractivity contribution in [1.29, 1.82) is 0 Å². The smallest absolute Gasteiger partial charge is 0.362 e. The Labute approximate surface area is 192 Å². The molecule has 31 heavy (non-hydrogen) atoms. The van der Waals surface area contributed by atoms with Crippen LogP contribution in [0.4, 0.5) is 0 Å². The van der Waals surface area contributed by atoms with E-state index in [-0.39, 0.29) is 13.0 Å². The minimum Gasteiger partial charge on any atom is -0.373 e. The normalized spacial score (nSPS) is 15.2. The average molecular weight is 461 g/mol. The summed E-state index contributed by atoms with van der Waals surface area (Å²) in [6.45, 7) is 2.30. The van der Waals surface area contributed by atoms with E-state index in [0.29, 0.717) is 10.9 Å². The van der Waals surface area contributed by atoms with Gasteiger partial charge in [-0.1, -0.05) is 76.2 Å². The van der Waals surface area contributed by atoms with Crippen LogP contribution in [0.2, 0.25) is 0 Å². The Morgan fingerprint density at radius 1 is 0.710 bits per heavy atom. The van der Waals surface area contributed by atoms with Crippen molar-refractivity contribution in [3.05, 3.63) is 24.3 Å². The highest BCUT2D eigenvalue weighted by Gasteiger charge is 2.48. The maximum Gasteiger partial charge on any atom is 0.362 e. The van der Waals surface area contributed by atoms with E-state index >= 15 is 0 Å². The maximum atomic E-state index is 11.8. The lowest BCUT2D eigenvalue weighted by atomic mass is 10.1. The summed E-state index contributed by atoms with van der Waals surface area (Å²) in [6.07, 6.45) is 25.5. The van der Waals surface area contributed by atoms with Crippen molar-refractivity contribution in [3.8, 4) is 0 Å². The van der Waals surface area contributed by atoms with Crippen molar-refractivity contribution in [3.63, 3.8) is 0 Å². The molecular formula is C25H51NO4P+. The van der Waals surface area contributed by atoms with Crippen molar-refractivity contribution >= 4 is 7.60 Å². The second kappa shape index (κ2) is 17.1. The largest absolute Gasteiger partial charge is 0.373 e. The van der Waals surface area contributed by atoms with E-state index in [2.05, 4.69) is 31.2 Å². The van der Waals surface area contributed by atoms with Crippen LogP contribution in [0.5, 0.6) is 0 Å². The molecule has 0 spiro atoms. The first-order valence-electron chi connectivity index (χ1n) is 12.4. The van der Waals surface area contributed by atoms with Crippen molar-refractivity contribution in [2.24, 2.45) is 0 Å². The van der Waals surface area contributed by atoms with Crippen LogP contribution >= 0.6 is 7.60 Å². The Bertz CT molecular complexity index is 536. The monoisotopic (exact) mass is 460 g/mol. The Balaban J connectivity index is 3.75. The number of likely N-dealkylation sites (N-methyl/N-ethyl adjacent to an activating group) is 1. The molecule has 6 heteroatoms. The summed E-state index contributed by atoms with van der Waals surface area (Å²) in [4.78, 5) is 19.2. The number of quaternary nitrogens is 1. The van der Waals surface area contributed by atoms with Crippen LogP contribution < -0.4 is 0 Å². The van der Waals surface area contributed by atoms with Crippen molar-refractivity contribution < 1.29 is 23.9 Å². The number of aliphatic hydroxyl groups is 1. The van der Waals surface area contributed by atoms with Crippen molar-refractivity contribution in [1.82, 2.24) is 0 Å². The molecule has 184 valence electrons. The molecule has 0 heterocycles. The molecule has 0 aromatic rings. The molecule has 0 saturated heterocycles. The molecule has 3 N–H and O–H groups in total. The average Bonchev–Trinajstić information content (AvgIpc) is 2.65. The second-order valence-electron chi connectivity index (χ2n) is 10.0. The summed E-state index contributed by atoms with van der Waals surface area (Å²) >= 11 is 0. The van der Waals surface area contributed by atoms with Crippen LogP contribution in [0.15, 0.2) is 24.3 Å². The minimum atomic E-state index is -4.56. The van der Waals surface area contributed by atoms with Gasteiger partial charge in [-0.15, -0.1) is 0 Å². The molecule has 0 amide bonds. The first kappa shape index (κ1) is 30.6. The zero-order valence-corrected chi connectivity index (χ0v) is 21.7. The van der Waals surface area contributed by atoms with E-state index in [9.17, 15) is 19.5 Å². The fraction of sp³-hybridized carbons (Fsp3) is 0.840. The van der Waals surface area contributed by atoms with Gasteiger partial charge in [0.25, 0.3) is 0 Å². The standard InChI is InChI=1S/C25H50NO4P/c1-5-6-7-8-9-10-11-12-13-14-15-16-17-18-19-20-21-22-23-25(27,31(28,29)30)24-26(2,3)4/h13-14,17-18,27H,5-12,15-16,19-24H2,1-4H3,(H-,28,29,30)/p+1/b14-13-,18-17-. The van der Waals surface area contributed by atoms with Gasteiger partial charge in [-0.25, -0.2) is 0 Å². The predicted octanol–water partition coefficient (Wildman–Crippen LogP) is 6.54. The van der Waals surface area contributed by atoms with Gasteiger partial charge in [0.1, 0.15) is 6.54 Å². The summed E-state index contributed by atoms with van der Waals surface area (Å²) in [5.41, 5.74) is 0. The molecule has 0 aliphatic heterocycles. The number of hydrogen-bond acceptors (Lipinski definition) is 2. The van der Waals surface area contributed by atoms with E-state index in [1.54, 1.807) is 0 Å². The number of allylic oxidation sites excluding steroid dienone is 4. The molecule has 5 nitrogen and oxygen atoms in total. The third kappa shape index (κ3) is 17.7. The van der Waals surface area contributed by atoms with Gasteiger partial charge in [-0.3, -0.25) is 4.57 Å². The van der Waals surface area contributed by atoms with Gasteiger partial charge in [-0.05, 0) is 51.4 Å². The lowest BCUT2D eigenvalue weighted by molar-refractivity contribution is -0.875. The second-order valence-corrected chi connectivity index (χ2v) is 11.9. The van der Waals surface area contributed by atoms with Crippen molar-refractivity contribution in [2.75, 3.05) is 27.7 Å². The van der Waals surface area contributed by atoms with E-state index in [1.807, 2.05) is 21.1 Å². The summed E-state index contributed by atoms with van der Waals surface area (Å²) in [6, 6.07) is 0. The topological polar surface area (TPSA) is 77.8 Å². The highest BCUT2D eigenvalue weighted by Crippen LogP contribution is 2.52. The summed E-state index contributed by atoms with van der Waals surface area (Å²) in [5.74, 6) is 0. The maximum absolute atomic E-state index is 11.8. The summed E-state index contributed by atoms with van der Waals surface area (Å²) in [5, 5.41) is 8.59. The Morgan fingerprint density at radius 3 is 1.58 bits per heavy atom. The minimum absolute atomic E-state index is 0.0453. The molecule has 0 aliphatic rings. The molecular weight excluding hydrogens is 409 g/mol. The molecule has 0 aromatic heterocycles. The fourth-order valence-corrected chi connectivity index (χ4v) is 4.86. The van der Waals surface area contributed by atoms with Gasteiger partial charge in [0, 0.05) is 0 Å². The van der Waals surface area contributed by atoms with E-state index in [0.717, 1.165) is 32.1 Å². The molecule has 0 aromatic carbocycles. The molecule has 0 rings (SSSR count). The third-order valence-corrected chi connectivity index (χ3v) is 6.97. The van der Waals surface area contributed by atoms with E-state index in [4.69, 9.17) is 0 Å². The lowest BCUT2D eigenvalue weighted by Crippen LogP contribution is -2.49. The molecule has 0 aliphatic carbocycles. The van der Waals surface area contributed by atoms with E-state index < -0.39 is 12.9 Å². The fourth-order valence-electron chi connectivity index (χ4n) is 3.81. The summed E-state index contributed by atoms with van der Waals surface area (Å²) in [7, 11) is 0.931. The number of unbranched alkanes of at least 4 members (excludes halogenated alkanes) is 11.